The van der Waals surface area contributed by atoms with Gasteiger partial charge < -0.3 is 5.32 Å². The molecule has 0 saturated carbocycles. The molecule has 8 heteroatoms. The van der Waals surface area contributed by atoms with E-state index in [1.165, 1.54) is 6.20 Å². The zero-order chi connectivity index (χ0) is 16.8. The summed E-state index contributed by atoms with van der Waals surface area (Å²) in [6.45, 7) is 0. The first-order chi connectivity index (χ1) is 11.0. The molecule has 114 valence electrons. The molecule has 0 spiro atoms. The largest absolute Gasteiger partial charge is 0.325 e. The Bertz CT molecular complexity index is 799. The quantitative estimate of drug-likeness (QED) is 0.389. The molecule has 1 aromatic carbocycles. The second-order valence-corrected chi connectivity index (χ2v) is 4.43. The van der Waals surface area contributed by atoms with E-state index in [9.17, 15) is 19.7 Å². The molecule has 0 radical (unpaired) electrons. The van der Waals surface area contributed by atoms with Crippen molar-refractivity contribution in [2.24, 2.45) is 5.92 Å². The fraction of sp³-hybridized carbons (Fsp3) is 0.0667. The van der Waals surface area contributed by atoms with Gasteiger partial charge in [0.15, 0.2) is 11.7 Å². The number of hydrogen-bond donors (Lipinski definition) is 1. The Kier molecular flexibility index (Phi) is 4.74. The van der Waals surface area contributed by atoms with Gasteiger partial charge in [-0.25, -0.2) is 0 Å². The van der Waals surface area contributed by atoms with Gasteiger partial charge in [0.05, 0.1) is 11.0 Å². The third-order valence-electron chi connectivity index (χ3n) is 2.96. The number of para-hydroxylation sites is 1. The molecule has 0 aliphatic carbocycles. The Morgan fingerprint density at radius 3 is 2.57 bits per heavy atom. The van der Waals surface area contributed by atoms with Gasteiger partial charge in [0.2, 0.25) is 5.91 Å². The third kappa shape index (κ3) is 3.54. The van der Waals surface area contributed by atoms with E-state index in [-0.39, 0.29) is 5.56 Å². The van der Waals surface area contributed by atoms with Crippen LogP contribution in [0.15, 0.2) is 48.8 Å². The molecule has 23 heavy (non-hydrogen) atoms. The molecule has 0 aliphatic heterocycles. The van der Waals surface area contributed by atoms with Crippen LogP contribution in [0.4, 0.5) is 11.4 Å². The Morgan fingerprint density at radius 1 is 1.26 bits per heavy atom. The van der Waals surface area contributed by atoms with Crippen LogP contribution in [-0.2, 0) is 4.79 Å². The second kappa shape index (κ2) is 6.91. The summed E-state index contributed by atoms with van der Waals surface area (Å²) in [5.41, 5.74) is -0.472. The number of hydrogen-bond acceptors (Lipinski definition) is 6. The number of benzene rings is 1. The standard InChI is InChI=1S/C15H10N4O4/c16-8-12(15(21)18-10-4-2-1-3-5-10)14(20)11-6-7-17-9-13(11)19(22)23/h1-7,9,12H,(H,18,21). The lowest BCUT2D eigenvalue weighted by molar-refractivity contribution is -0.385. The van der Waals surface area contributed by atoms with Crippen molar-refractivity contribution in [1.82, 2.24) is 4.98 Å². The summed E-state index contributed by atoms with van der Waals surface area (Å²) in [4.78, 5) is 38.1. The highest BCUT2D eigenvalue weighted by atomic mass is 16.6. The maximum Gasteiger partial charge on any atom is 0.298 e. The van der Waals surface area contributed by atoms with Crippen molar-refractivity contribution < 1.29 is 14.5 Å². The minimum atomic E-state index is -1.70. The van der Waals surface area contributed by atoms with E-state index in [1.807, 2.05) is 0 Å². The summed E-state index contributed by atoms with van der Waals surface area (Å²) in [6, 6.07) is 11.0. The number of amides is 1. The van der Waals surface area contributed by atoms with E-state index >= 15 is 0 Å². The minimum Gasteiger partial charge on any atom is -0.325 e. The maximum absolute atomic E-state index is 12.3. The molecule has 0 fully saturated rings. The first-order valence-electron chi connectivity index (χ1n) is 6.42. The topological polar surface area (TPSA) is 126 Å². The second-order valence-electron chi connectivity index (χ2n) is 4.43. The third-order valence-corrected chi connectivity index (χ3v) is 2.96. The number of rotatable bonds is 5. The number of anilines is 1. The van der Waals surface area contributed by atoms with Crippen molar-refractivity contribution in [2.45, 2.75) is 0 Å². The number of ketones is 1. The molecule has 1 N–H and O–H groups in total. The fourth-order valence-corrected chi connectivity index (χ4v) is 1.87. The SMILES string of the molecule is N#CC(C(=O)Nc1ccccc1)C(=O)c1ccncc1[N+](=O)[O-]. The first kappa shape index (κ1) is 15.8. The van der Waals surface area contributed by atoms with Gasteiger partial charge in [-0.05, 0) is 18.2 Å². The van der Waals surface area contributed by atoms with E-state index < -0.39 is 28.2 Å². The van der Waals surface area contributed by atoms with Gasteiger partial charge in [-0.15, -0.1) is 0 Å². The molecule has 1 atom stereocenters. The first-order valence-corrected chi connectivity index (χ1v) is 6.42. The molecular formula is C15H10N4O4. The lowest BCUT2D eigenvalue weighted by Crippen LogP contribution is -2.29. The molecule has 1 aromatic heterocycles. The molecule has 8 nitrogen and oxygen atoms in total. The van der Waals surface area contributed by atoms with Crippen LogP contribution in [0.5, 0.6) is 0 Å². The minimum absolute atomic E-state index is 0.334. The zero-order valence-corrected chi connectivity index (χ0v) is 11.7. The highest BCUT2D eigenvalue weighted by Crippen LogP contribution is 2.21. The van der Waals surface area contributed by atoms with Crippen LogP contribution in [0, 0.1) is 27.4 Å². The van der Waals surface area contributed by atoms with Crippen LogP contribution in [0.1, 0.15) is 10.4 Å². The number of nitrogens with zero attached hydrogens (tertiary/aromatic N) is 3. The van der Waals surface area contributed by atoms with Gasteiger partial charge in [0.1, 0.15) is 11.8 Å². The smallest absolute Gasteiger partial charge is 0.298 e. The average molecular weight is 310 g/mol. The Morgan fingerprint density at radius 2 is 1.96 bits per heavy atom. The number of carbonyl (C=O) groups excluding carboxylic acids is 2. The van der Waals surface area contributed by atoms with Crippen molar-refractivity contribution in [1.29, 1.82) is 5.26 Å². The predicted octanol–water partition coefficient (Wildman–Crippen LogP) is 1.95. The molecule has 2 aromatic rings. The number of Topliss-reactive ketones (excluding diaryl/α,β-unsaturated/α-hetero) is 1. The van der Waals surface area contributed by atoms with E-state index in [2.05, 4.69) is 10.3 Å². The fourth-order valence-electron chi connectivity index (χ4n) is 1.87. The highest BCUT2D eigenvalue weighted by Gasteiger charge is 2.32. The van der Waals surface area contributed by atoms with Gasteiger partial charge in [-0.1, -0.05) is 18.2 Å². The molecule has 1 amide bonds. The molecule has 0 aliphatic rings. The summed E-state index contributed by atoms with van der Waals surface area (Å²) < 4.78 is 0. The average Bonchev–Trinajstić information content (AvgIpc) is 2.56. The van der Waals surface area contributed by atoms with Crippen LogP contribution in [0.2, 0.25) is 0 Å². The number of nitriles is 1. The maximum atomic E-state index is 12.3. The van der Waals surface area contributed by atoms with Crippen LogP contribution >= 0.6 is 0 Å². The number of pyridine rings is 1. The Hall–Kier alpha value is -3.60. The van der Waals surface area contributed by atoms with Gasteiger partial charge in [-0.3, -0.25) is 24.7 Å². The van der Waals surface area contributed by atoms with Crippen molar-refractivity contribution in [3.05, 3.63) is 64.5 Å². The number of nitro groups is 1. The molecule has 0 saturated heterocycles. The molecule has 1 heterocycles. The van der Waals surface area contributed by atoms with Crippen LogP contribution in [0.25, 0.3) is 0 Å². The van der Waals surface area contributed by atoms with Crippen molar-refractivity contribution in [2.75, 3.05) is 5.32 Å². The number of aromatic nitrogens is 1. The lowest BCUT2D eigenvalue weighted by atomic mass is 9.97. The highest BCUT2D eigenvalue weighted by molar-refractivity contribution is 6.16. The van der Waals surface area contributed by atoms with Crippen molar-refractivity contribution >= 4 is 23.1 Å². The monoisotopic (exact) mass is 310 g/mol. The zero-order valence-electron chi connectivity index (χ0n) is 11.7. The van der Waals surface area contributed by atoms with E-state index in [0.29, 0.717) is 5.69 Å². The van der Waals surface area contributed by atoms with Crippen molar-refractivity contribution in [3.63, 3.8) is 0 Å². The molecule has 0 bridgehead atoms. The Labute approximate surface area is 130 Å². The van der Waals surface area contributed by atoms with E-state index in [1.54, 1.807) is 36.4 Å². The summed E-state index contributed by atoms with van der Waals surface area (Å²) >= 11 is 0. The van der Waals surface area contributed by atoms with Crippen LogP contribution in [0.3, 0.4) is 0 Å². The Balaban J connectivity index is 2.28. The van der Waals surface area contributed by atoms with Gasteiger partial charge >= 0.3 is 0 Å². The summed E-state index contributed by atoms with van der Waals surface area (Å²) in [6.07, 6.45) is 2.08. The summed E-state index contributed by atoms with van der Waals surface area (Å²) in [5.74, 6) is -3.50. The molecular weight excluding hydrogens is 300 g/mol. The van der Waals surface area contributed by atoms with Gasteiger partial charge in [-0.2, -0.15) is 5.26 Å². The number of carbonyl (C=O) groups is 2. The molecule has 1 unspecified atom stereocenters. The van der Waals surface area contributed by atoms with Gasteiger partial charge in [0.25, 0.3) is 5.69 Å². The normalized spacial score (nSPS) is 11.1. The summed E-state index contributed by atoms with van der Waals surface area (Å²) in [7, 11) is 0. The van der Waals surface area contributed by atoms with Crippen LogP contribution in [-0.4, -0.2) is 21.6 Å². The van der Waals surface area contributed by atoms with E-state index in [0.717, 1.165) is 12.3 Å². The van der Waals surface area contributed by atoms with Gasteiger partial charge in [0, 0.05) is 11.9 Å². The van der Waals surface area contributed by atoms with Crippen molar-refractivity contribution in [3.8, 4) is 6.07 Å². The van der Waals surface area contributed by atoms with Crippen LogP contribution < -0.4 is 5.32 Å². The predicted molar refractivity (Wildman–Crippen MR) is 79.4 cm³/mol. The van der Waals surface area contributed by atoms with E-state index in [4.69, 9.17) is 5.26 Å². The molecule has 2 rings (SSSR count). The summed E-state index contributed by atoms with van der Waals surface area (Å²) in [5, 5.41) is 22.5. The lowest BCUT2D eigenvalue weighted by Gasteiger charge is -2.09. The number of nitrogens with one attached hydrogen (secondary N) is 1.